The molecule has 0 aliphatic carbocycles. The van der Waals surface area contributed by atoms with Crippen LogP contribution in [0.1, 0.15) is 37.7 Å². The average Bonchev–Trinajstić information content (AvgIpc) is 2.64. The van der Waals surface area contributed by atoms with Gasteiger partial charge in [-0.05, 0) is 46.2 Å². The van der Waals surface area contributed by atoms with Gasteiger partial charge in [-0.3, -0.25) is 0 Å². The maximum absolute atomic E-state index is 6.25. The minimum Gasteiger partial charge on any atom is -0.308 e. The zero-order valence-corrected chi connectivity index (χ0v) is 13.5. The van der Waals surface area contributed by atoms with E-state index in [0.29, 0.717) is 0 Å². The van der Waals surface area contributed by atoms with Crippen LogP contribution in [-0.4, -0.2) is 15.3 Å². The number of para-hydroxylation sites is 1. The first-order valence-electron chi connectivity index (χ1n) is 6.84. The normalized spacial score (nSPS) is 11.9. The molecule has 0 radical (unpaired) electrons. The van der Waals surface area contributed by atoms with Gasteiger partial charge in [0.2, 0.25) is 0 Å². The summed E-state index contributed by atoms with van der Waals surface area (Å²) in [5.41, 5.74) is 4.22. The van der Waals surface area contributed by atoms with E-state index in [1.165, 1.54) is 5.56 Å². The molecule has 0 saturated heterocycles. The predicted molar refractivity (Wildman–Crippen MR) is 84.6 cm³/mol. The molecule has 0 aliphatic rings. The van der Waals surface area contributed by atoms with Crippen molar-refractivity contribution in [3.63, 3.8) is 0 Å². The van der Waals surface area contributed by atoms with Gasteiger partial charge in [0, 0.05) is 12.1 Å². The second-order valence-corrected chi connectivity index (χ2v) is 6.51. The summed E-state index contributed by atoms with van der Waals surface area (Å²) in [5, 5.41) is 8.80. The molecule has 0 unspecified atom stereocenters. The van der Waals surface area contributed by atoms with Gasteiger partial charge in [0.1, 0.15) is 0 Å². The molecule has 0 bridgehead atoms. The maximum Gasteiger partial charge on any atom is 0.0848 e. The molecule has 3 nitrogen and oxygen atoms in total. The minimum absolute atomic E-state index is 0.0832. The van der Waals surface area contributed by atoms with E-state index >= 15 is 0 Å². The van der Waals surface area contributed by atoms with Crippen LogP contribution in [0.15, 0.2) is 24.3 Å². The number of hydrogen-bond donors (Lipinski definition) is 1. The largest absolute Gasteiger partial charge is 0.308 e. The Balaban J connectivity index is 2.39. The second kappa shape index (κ2) is 5.58. The highest BCUT2D eigenvalue weighted by atomic mass is 35.5. The molecule has 0 amide bonds. The van der Waals surface area contributed by atoms with Gasteiger partial charge in [0.25, 0.3) is 0 Å². The minimum atomic E-state index is 0.0832. The van der Waals surface area contributed by atoms with Crippen molar-refractivity contribution in [1.82, 2.24) is 15.1 Å². The molecule has 4 heteroatoms. The average molecular weight is 292 g/mol. The zero-order valence-electron chi connectivity index (χ0n) is 12.8. The molecule has 1 heterocycles. The molecule has 0 saturated carbocycles. The topological polar surface area (TPSA) is 29.9 Å². The van der Waals surface area contributed by atoms with Gasteiger partial charge < -0.3 is 5.32 Å². The Labute approximate surface area is 126 Å². The van der Waals surface area contributed by atoms with Crippen molar-refractivity contribution in [3.8, 4) is 5.69 Å². The van der Waals surface area contributed by atoms with Gasteiger partial charge >= 0.3 is 0 Å². The Morgan fingerprint density at radius 1 is 1.20 bits per heavy atom. The molecule has 0 aliphatic heterocycles. The van der Waals surface area contributed by atoms with Crippen LogP contribution in [0, 0.1) is 13.8 Å². The first-order chi connectivity index (χ1) is 9.29. The van der Waals surface area contributed by atoms with Crippen LogP contribution in [0.25, 0.3) is 5.69 Å². The number of hydrogen-bond acceptors (Lipinski definition) is 2. The van der Waals surface area contributed by atoms with E-state index in [-0.39, 0.29) is 5.54 Å². The molecular weight excluding hydrogens is 270 g/mol. The third-order valence-corrected chi connectivity index (χ3v) is 3.78. The number of rotatable bonds is 3. The van der Waals surface area contributed by atoms with Crippen LogP contribution < -0.4 is 5.32 Å². The van der Waals surface area contributed by atoms with Crippen molar-refractivity contribution in [2.75, 3.05) is 0 Å². The number of aromatic nitrogens is 2. The summed E-state index contributed by atoms with van der Waals surface area (Å²) in [7, 11) is 0. The number of aryl methyl sites for hydroxylation is 1. The van der Waals surface area contributed by atoms with Crippen molar-refractivity contribution in [3.05, 3.63) is 46.2 Å². The fraction of sp³-hybridized carbons (Fsp3) is 0.438. The van der Waals surface area contributed by atoms with E-state index in [9.17, 15) is 0 Å². The number of benzene rings is 1. The highest BCUT2D eigenvalue weighted by Gasteiger charge is 2.15. The Kier molecular flexibility index (Phi) is 4.21. The Hall–Kier alpha value is -1.32. The molecule has 1 aromatic carbocycles. The number of nitrogens with one attached hydrogen (secondary N) is 1. The van der Waals surface area contributed by atoms with Crippen LogP contribution in [0.4, 0.5) is 0 Å². The Bertz CT molecular complexity index is 609. The van der Waals surface area contributed by atoms with E-state index in [1.54, 1.807) is 0 Å². The van der Waals surface area contributed by atoms with Crippen LogP contribution in [-0.2, 0) is 6.54 Å². The number of nitrogens with zero attached hydrogens (tertiary/aromatic N) is 2. The highest BCUT2D eigenvalue weighted by molar-refractivity contribution is 6.31. The SMILES string of the molecule is Cc1nn(-c2ccccc2CNC(C)(C)C)c(C)c1Cl. The van der Waals surface area contributed by atoms with Crippen LogP contribution in [0.5, 0.6) is 0 Å². The lowest BCUT2D eigenvalue weighted by Gasteiger charge is -2.21. The lowest BCUT2D eigenvalue weighted by atomic mass is 10.1. The van der Waals surface area contributed by atoms with Gasteiger partial charge in [-0.1, -0.05) is 29.8 Å². The van der Waals surface area contributed by atoms with Crippen LogP contribution in [0.2, 0.25) is 5.02 Å². The Morgan fingerprint density at radius 3 is 2.40 bits per heavy atom. The smallest absolute Gasteiger partial charge is 0.0848 e. The number of halogens is 1. The molecule has 0 atom stereocenters. The summed E-state index contributed by atoms with van der Waals surface area (Å²) >= 11 is 6.25. The molecule has 108 valence electrons. The van der Waals surface area contributed by atoms with Crippen molar-refractivity contribution < 1.29 is 0 Å². The van der Waals surface area contributed by atoms with E-state index in [2.05, 4.69) is 49.4 Å². The van der Waals surface area contributed by atoms with Gasteiger partial charge in [0.05, 0.1) is 22.1 Å². The molecule has 1 aromatic heterocycles. The monoisotopic (exact) mass is 291 g/mol. The first-order valence-corrected chi connectivity index (χ1v) is 7.22. The lowest BCUT2D eigenvalue weighted by molar-refractivity contribution is 0.424. The van der Waals surface area contributed by atoms with Gasteiger partial charge in [0.15, 0.2) is 0 Å². The van der Waals surface area contributed by atoms with Crippen molar-refractivity contribution >= 4 is 11.6 Å². The summed E-state index contributed by atoms with van der Waals surface area (Å²) in [5.74, 6) is 0. The van der Waals surface area contributed by atoms with Crippen molar-refractivity contribution in [1.29, 1.82) is 0 Å². The third kappa shape index (κ3) is 3.22. The fourth-order valence-electron chi connectivity index (χ4n) is 2.09. The summed E-state index contributed by atoms with van der Waals surface area (Å²) in [6, 6.07) is 8.28. The van der Waals surface area contributed by atoms with Gasteiger partial charge in [-0.15, -0.1) is 0 Å². The molecule has 0 fully saturated rings. The molecule has 2 aromatic rings. The zero-order chi connectivity index (χ0) is 14.9. The van der Waals surface area contributed by atoms with Gasteiger partial charge in [-0.2, -0.15) is 5.10 Å². The third-order valence-electron chi connectivity index (χ3n) is 3.23. The van der Waals surface area contributed by atoms with Crippen molar-refractivity contribution in [2.45, 2.75) is 46.7 Å². The standard InChI is InChI=1S/C16H22ClN3/c1-11-15(17)12(2)20(19-11)14-9-7-6-8-13(14)10-18-16(3,4)5/h6-9,18H,10H2,1-5H3. The summed E-state index contributed by atoms with van der Waals surface area (Å²) in [4.78, 5) is 0. The summed E-state index contributed by atoms with van der Waals surface area (Å²) in [6.07, 6.45) is 0. The molecule has 2 rings (SSSR count). The molecule has 0 spiro atoms. The summed E-state index contributed by atoms with van der Waals surface area (Å²) < 4.78 is 1.93. The summed E-state index contributed by atoms with van der Waals surface area (Å²) in [6.45, 7) is 11.2. The fourth-order valence-corrected chi connectivity index (χ4v) is 2.20. The Morgan fingerprint density at radius 2 is 1.85 bits per heavy atom. The highest BCUT2D eigenvalue weighted by Crippen LogP contribution is 2.24. The van der Waals surface area contributed by atoms with Crippen LogP contribution >= 0.6 is 11.6 Å². The van der Waals surface area contributed by atoms with E-state index in [1.807, 2.05) is 24.6 Å². The van der Waals surface area contributed by atoms with Gasteiger partial charge in [-0.25, -0.2) is 4.68 Å². The van der Waals surface area contributed by atoms with E-state index in [4.69, 9.17) is 11.6 Å². The van der Waals surface area contributed by atoms with Crippen LogP contribution in [0.3, 0.4) is 0 Å². The van der Waals surface area contributed by atoms with E-state index in [0.717, 1.165) is 28.6 Å². The molecule has 1 N–H and O–H groups in total. The van der Waals surface area contributed by atoms with E-state index < -0.39 is 0 Å². The molecule has 20 heavy (non-hydrogen) atoms. The molecular formula is C16H22ClN3. The maximum atomic E-state index is 6.25. The first kappa shape index (κ1) is 15.1. The quantitative estimate of drug-likeness (QED) is 0.925. The van der Waals surface area contributed by atoms with Crippen molar-refractivity contribution in [2.24, 2.45) is 0 Å². The predicted octanol–water partition coefficient (Wildman–Crippen LogP) is 4.03. The second-order valence-electron chi connectivity index (χ2n) is 6.13. The lowest BCUT2D eigenvalue weighted by Crippen LogP contribution is -2.35.